The van der Waals surface area contributed by atoms with Crippen molar-refractivity contribution in [3.05, 3.63) is 57.5 Å². The Bertz CT molecular complexity index is 718. The van der Waals surface area contributed by atoms with Crippen molar-refractivity contribution < 1.29 is 8.42 Å². The van der Waals surface area contributed by atoms with Crippen LogP contribution in [-0.4, -0.2) is 8.42 Å². The molecule has 7 heteroatoms. The summed E-state index contributed by atoms with van der Waals surface area (Å²) >= 11 is 9.14. The van der Waals surface area contributed by atoms with Crippen LogP contribution in [0.2, 0.25) is 5.02 Å². The maximum atomic E-state index is 11.2. The fourth-order valence-electron chi connectivity index (χ4n) is 1.62. The SMILES string of the molecule is NS(=O)(=O)c1ccc(NCc2ccc(Cl)cc2)c(Br)c1. The van der Waals surface area contributed by atoms with Crippen molar-refractivity contribution in [2.75, 3.05) is 5.32 Å². The Morgan fingerprint density at radius 1 is 1.15 bits per heavy atom. The van der Waals surface area contributed by atoms with Gasteiger partial charge in [0.1, 0.15) is 0 Å². The fraction of sp³-hybridized carbons (Fsp3) is 0.0769. The van der Waals surface area contributed by atoms with Gasteiger partial charge in [0.15, 0.2) is 0 Å². The van der Waals surface area contributed by atoms with Crippen LogP contribution in [0.15, 0.2) is 51.8 Å². The highest BCUT2D eigenvalue weighted by Crippen LogP contribution is 2.25. The van der Waals surface area contributed by atoms with E-state index in [4.69, 9.17) is 16.7 Å². The van der Waals surface area contributed by atoms with Gasteiger partial charge in [0.2, 0.25) is 10.0 Å². The van der Waals surface area contributed by atoms with Gasteiger partial charge in [0.25, 0.3) is 0 Å². The van der Waals surface area contributed by atoms with E-state index < -0.39 is 10.0 Å². The molecule has 0 aromatic heterocycles. The van der Waals surface area contributed by atoms with Crippen LogP contribution in [0.1, 0.15) is 5.56 Å². The molecular weight excluding hydrogens is 364 g/mol. The highest BCUT2D eigenvalue weighted by Gasteiger charge is 2.10. The molecule has 2 aromatic carbocycles. The normalized spacial score (nSPS) is 11.3. The van der Waals surface area contributed by atoms with Gasteiger partial charge in [-0.15, -0.1) is 0 Å². The van der Waals surface area contributed by atoms with E-state index in [2.05, 4.69) is 21.2 Å². The van der Waals surface area contributed by atoms with Gasteiger partial charge in [-0.3, -0.25) is 0 Å². The minimum Gasteiger partial charge on any atom is -0.380 e. The van der Waals surface area contributed by atoms with Crippen molar-refractivity contribution in [3.63, 3.8) is 0 Å². The third-order valence-electron chi connectivity index (χ3n) is 2.67. The summed E-state index contributed by atoms with van der Waals surface area (Å²) in [6.45, 7) is 0.602. The van der Waals surface area contributed by atoms with E-state index in [0.717, 1.165) is 11.3 Å². The molecule has 0 saturated carbocycles. The van der Waals surface area contributed by atoms with Crippen LogP contribution in [-0.2, 0) is 16.6 Å². The zero-order chi connectivity index (χ0) is 14.8. The summed E-state index contributed by atoms with van der Waals surface area (Å²) in [5.74, 6) is 0. The Morgan fingerprint density at radius 3 is 2.35 bits per heavy atom. The zero-order valence-electron chi connectivity index (χ0n) is 10.3. The second-order valence-electron chi connectivity index (χ2n) is 4.17. The first-order valence-corrected chi connectivity index (χ1v) is 8.38. The lowest BCUT2D eigenvalue weighted by Gasteiger charge is -2.10. The van der Waals surface area contributed by atoms with Crippen molar-refractivity contribution in [3.8, 4) is 0 Å². The number of rotatable bonds is 4. The molecule has 0 radical (unpaired) electrons. The fourth-order valence-corrected chi connectivity index (χ4v) is 2.95. The maximum absolute atomic E-state index is 11.2. The summed E-state index contributed by atoms with van der Waals surface area (Å²) in [6, 6.07) is 12.1. The molecule has 2 rings (SSSR count). The number of nitrogens with two attached hydrogens (primary N) is 1. The molecule has 0 aliphatic carbocycles. The molecule has 0 aliphatic heterocycles. The van der Waals surface area contributed by atoms with Gasteiger partial charge in [-0.2, -0.15) is 0 Å². The van der Waals surface area contributed by atoms with E-state index in [0.29, 0.717) is 16.0 Å². The summed E-state index contributed by atoms with van der Waals surface area (Å²) in [6.07, 6.45) is 0. The van der Waals surface area contributed by atoms with E-state index in [9.17, 15) is 8.42 Å². The van der Waals surface area contributed by atoms with Crippen LogP contribution in [0.5, 0.6) is 0 Å². The van der Waals surface area contributed by atoms with Crippen molar-refractivity contribution in [2.45, 2.75) is 11.4 Å². The van der Waals surface area contributed by atoms with E-state index in [1.54, 1.807) is 6.07 Å². The molecule has 106 valence electrons. The minimum atomic E-state index is -3.69. The van der Waals surface area contributed by atoms with Crippen LogP contribution in [0.25, 0.3) is 0 Å². The van der Waals surface area contributed by atoms with Crippen molar-refractivity contribution >= 4 is 43.2 Å². The largest absolute Gasteiger partial charge is 0.380 e. The molecule has 0 atom stereocenters. The van der Waals surface area contributed by atoms with Gasteiger partial charge in [-0.05, 0) is 51.8 Å². The van der Waals surface area contributed by atoms with Gasteiger partial charge >= 0.3 is 0 Å². The van der Waals surface area contributed by atoms with Gasteiger partial charge in [-0.1, -0.05) is 23.7 Å². The van der Waals surface area contributed by atoms with E-state index in [1.165, 1.54) is 12.1 Å². The molecule has 0 fully saturated rings. The Balaban J connectivity index is 2.12. The molecule has 0 saturated heterocycles. The second kappa shape index (κ2) is 6.13. The standard InChI is InChI=1S/C13H12BrClN2O2S/c14-12-7-11(20(16,18)19)5-6-13(12)17-8-9-1-3-10(15)4-2-9/h1-7,17H,8H2,(H2,16,18,19). The molecule has 0 bridgehead atoms. The molecule has 0 unspecified atom stereocenters. The van der Waals surface area contributed by atoms with E-state index in [1.807, 2.05) is 24.3 Å². The third kappa shape index (κ3) is 3.96. The molecule has 20 heavy (non-hydrogen) atoms. The minimum absolute atomic E-state index is 0.0708. The van der Waals surface area contributed by atoms with E-state index in [-0.39, 0.29) is 4.90 Å². The third-order valence-corrected chi connectivity index (χ3v) is 4.48. The number of hydrogen-bond acceptors (Lipinski definition) is 3. The number of primary sulfonamides is 1. The first-order chi connectivity index (χ1) is 9.36. The van der Waals surface area contributed by atoms with Crippen LogP contribution >= 0.6 is 27.5 Å². The Kier molecular flexibility index (Phi) is 4.70. The van der Waals surface area contributed by atoms with Gasteiger partial charge in [0.05, 0.1) is 4.90 Å². The Hall–Kier alpha value is -1.08. The summed E-state index contributed by atoms with van der Waals surface area (Å²) in [4.78, 5) is 0.0708. The van der Waals surface area contributed by atoms with Crippen LogP contribution < -0.4 is 10.5 Å². The lowest BCUT2D eigenvalue weighted by molar-refractivity contribution is 0.598. The summed E-state index contributed by atoms with van der Waals surface area (Å²) in [5.41, 5.74) is 1.85. The second-order valence-corrected chi connectivity index (χ2v) is 7.02. The average molecular weight is 376 g/mol. The first kappa shape index (κ1) is 15.3. The lowest BCUT2D eigenvalue weighted by atomic mass is 10.2. The van der Waals surface area contributed by atoms with Crippen LogP contribution in [0, 0.1) is 0 Å². The maximum Gasteiger partial charge on any atom is 0.238 e. The summed E-state index contributed by atoms with van der Waals surface area (Å²) in [5, 5.41) is 8.96. The summed E-state index contributed by atoms with van der Waals surface area (Å²) < 4.78 is 23.1. The topological polar surface area (TPSA) is 72.2 Å². The average Bonchev–Trinajstić information content (AvgIpc) is 2.38. The smallest absolute Gasteiger partial charge is 0.238 e. The monoisotopic (exact) mass is 374 g/mol. The lowest BCUT2D eigenvalue weighted by Crippen LogP contribution is -2.12. The highest BCUT2D eigenvalue weighted by molar-refractivity contribution is 9.10. The number of sulfonamides is 1. The van der Waals surface area contributed by atoms with Crippen LogP contribution in [0.4, 0.5) is 5.69 Å². The van der Waals surface area contributed by atoms with Crippen LogP contribution in [0.3, 0.4) is 0 Å². The molecule has 2 aromatic rings. The molecule has 3 N–H and O–H groups in total. The highest BCUT2D eigenvalue weighted by atomic mass is 79.9. The summed E-state index contributed by atoms with van der Waals surface area (Å²) in [7, 11) is -3.69. The van der Waals surface area contributed by atoms with Gasteiger partial charge in [0, 0.05) is 21.7 Å². The van der Waals surface area contributed by atoms with Crippen molar-refractivity contribution in [2.24, 2.45) is 5.14 Å². The molecule has 0 amide bonds. The van der Waals surface area contributed by atoms with Gasteiger partial charge in [-0.25, -0.2) is 13.6 Å². The predicted octanol–water partition coefficient (Wildman–Crippen LogP) is 3.36. The first-order valence-electron chi connectivity index (χ1n) is 5.67. The van der Waals surface area contributed by atoms with Crippen molar-refractivity contribution in [1.29, 1.82) is 0 Å². The Morgan fingerprint density at radius 2 is 1.80 bits per heavy atom. The van der Waals surface area contributed by atoms with Gasteiger partial charge < -0.3 is 5.32 Å². The molecule has 0 aliphatic rings. The van der Waals surface area contributed by atoms with Crippen molar-refractivity contribution in [1.82, 2.24) is 0 Å². The van der Waals surface area contributed by atoms with E-state index >= 15 is 0 Å². The predicted molar refractivity (Wildman–Crippen MR) is 84.3 cm³/mol. The molecular formula is C13H12BrClN2O2S. The number of hydrogen-bond donors (Lipinski definition) is 2. The quantitative estimate of drug-likeness (QED) is 0.860. The number of nitrogens with one attached hydrogen (secondary N) is 1. The number of anilines is 1. The zero-order valence-corrected chi connectivity index (χ0v) is 13.5. The Labute approximate surface area is 131 Å². The molecule has 0 heterocycles. The molecule has 4 nitrogen and oxygen atoms in total. The molecule has 0 spiro atoms. The number of halogens is 2. The number of benzene rings is 2.